The van der Waals surface area contributed by atoms with Gasteiger partial charge in [-0.3, -0.25) is 9.69 Å². The lowest BCUT2D eigenvalue weighted by Gasteiger charge is -2.44. The number of piperidine rings is 1. The minimum atomic E-state index is -1.35. The molecule has 1 heterocycles. The molecular formula is C22H34N2O3. The zero-order chi connectivity index (χ0) is 19.8. The molecule has 150 valence electrons. The van der Waals surface area contributed by atoms with Crippen molar-refractivity contribution in [2.24, 2.45) is 0 Å². The van der Waals surface area contributed by atoms with E-state index in [0.29, 0.717) is 13.1 Å². The Kier molecular flexibility index (Phi) is 5.67. The smallest absolute Gasteiger partial charge is 0.253 e. The molecule has 0 unspecified atom stereocenters. The molecule has 0 aromatic heterocycles. The average molecular weight is 375 g/mol. The van der Waals surface area contributed by atoms with E-state index in [4.69, 9.17) is 0 Å². The maximum absolute atomic E-state index is 12.4. The number of hydrogen-bond donors (Lipinski definition) is 2. The number of aliphatic hydroxyl groups is 2. The standard InChI is InChI=1S/C22H34N2O3/c1-5-6-13-23(4)18-16-9-7-8-10-17(16)22(19(18)25)11-14-24(15-12-22)20(26)21(2,3)27/h7-10,18-19,25,27H,5-6,11-15H2,1-4H3/t18-,19+/m1/s1. The summed E-state index contributed by atoms with van der Waals surface area (Å²) in [6, 6.07) is 8.41. The summed E-state index contributed by atoms with van der Waals surface area (Å²) >= 11 is 0. The highest BCUT2D eigenvalue weighted by molar-refractivity contribution is 5.84. The second-order valence-electron chi connectivity index (χ2n) is 8.82. The molecule has 1 aliphatic heterocycles. The first-order valence-corrected chi connectivity index (χ1v) is 10.2. The van der Waals surface area contributed by atoms with E-state index in [2.05, 4.69) is 43.1 Å². The van der Waals surface area contributed by atoms with Crippen LogP contribution in [-0.4, -0.2) is 64.3 Å². The van der Waals surface area contributed by atoms with Crippen LogP contribution in [0, 0.1) is 0 Å². The van der Waals surface area contributed by atoms with Gasteiger partial charge >= 0.3 is 0 Å². The minimum absolute atomic E-state index is 0.00397. The van der Waals surface area contributed by atoms with E-state index in [-0.39, 0.29) is 17.4 Å². The van der Waals surface area contributed by atoms with Crippen molar-refractivity contribution in [3.63, 3.8) is 0 Å². The molecule has 1 saturated heterocycles. The Morgan fingerprint density at radius 3 is 2.52 bits per heavy atom. The summed E-state index contributed by atoms with van der Waals surface area (Å²) in [6.45, 7) is 7.37. The van der Waals surface area contributed by atoms with Crippen molar-refractivity contribution in [2.45, 2.75) is 69.6 Å². The Bertz CT molecular complexity index is 674. The molecule has 1 aliphatic carbocycles. The fourth-order valence-electron chi connectivity index (χ4n) is 4.93. The zero-order valence-electron chi connectivity index (χ0n) is 17.1. The Morgan fingerprint density at radius 1 is 1.30 bits per heavy atom. The lowest BCUT2D eigenvalue weighted by Crippen LogP contribution is -2.54. The maximum atomic E-state index is 12.4. The van der Waals surface area contributed by atoms with Gasteiger partial charge in [-0.1, -0.05) is 37.6 Å². The van der Waals surface area contributed by atoms with E-state index in [9.17, 15) is 15.0 Å². The Hall–Kier alpha value is -1.43. The van der Waals surface area contributed by atoms with Crippen molar-refractivity contribution in [2.75, 3.05) is 26.7 Å². The van der Waals surface area contributed by atoms with Crippen LogP contribution in [0.2, 0.25) is 0 Å². The number of unbranched alkanes of at least 4 members (excludes halogenated alkanes) is 1. The number of aliphatic hydroxyl groups excluding tert-OH is 1. The van der Waals surface area contributed by atoms with Crippen molar-refractivity contribution < 1.29 is 15.0 Å². The quantitative estimate of drug-likeness (QED) is 0.831. The minimum Gasteiger partial charge on any atom is -0.390 e. The maximum Gasteiger partial charge on any atom is 0.253 e. The van der Waals surface area contributed by atoms with Crippen LogP contribution in [0.15, 0.2) is 24.3 Å². The molecule has 1 spiro atoms. The highest BCUT2D eigenvalue weighted by Crippen LogP contribution is 2.52. The lowest BCUT2D eigenvalue weighted by atomic mass is 9.71. The van der Waals surface area contributed by atoms with Gasteiger partial charge in [-0.05, 0) is 57.8 Å². The van der Waals surface area contributed by atoms with Gasteiger partial charge in [0.2, 0.25) is 0 Å². The Labute approximate surface area is 163 Å². The van der Waals surface area contributed by atoms with E-state index < -0.39 is 11.7 Å². The molecule has 1 aromatic rings. The van der Waals surface area contributed by atoms with E-state index in [0.717, 1.165) is 32.2 Å². The lowest BCUT2D eigenvalue weighted by molar-refractivity contribution is -0.150. The largest absolute Gasteiger partial charge is 0.390 e. The zero-order valence-corrected chi connectivity index (χ0v) is 17.1. The molecule has 2 N–H and O–H groups in total. The van der Waals surface area contributed by atoms with Crippen molar-refractivity contribution in [3.05, 3.63) is 35.4 Å². The third-order valence-corrected chi connectivity index (χ3v) is 6.49. The SMILES string of the molecule is CCCCN(C)[C@@H]1c2ccccc2C2(CCN(C(=O)C(C)(C)O)CC2)[C@H]1O. The molecule has 0 radical (unpaired) electrons. The van der Waals surface area contributed by atoms with Gasteiger partial charge in [0.1, 0.15) is 5.60 Å². The van der Waals surface area contributed by atoms with E-state index in [1.165, 1.54) is 25.0 Å². The van der Waals surface area contributed by atoms with Crippen molar-refractivity contribution >= 4 is 5.91 Å². The van der Waals surface area contributed by atoms with Gasteiger partial charge in [0.15, 0.2) is 0 Å². The van der Waals surface area contributed by atoms with Gasteiger partial charge in [-0.2, -0.15) is 0 Å². The number of carbonyl (C=O) groups excluding carboxylic acids is 1. The monoisotopic (exact) mass is 374 g/mol. The fourth-order valence-corrected chi connectivity index (χ4v) is 4.93. The van der Waals surface area contributed by atoms with Gasteiger partial charge in [0.25, 0.3) is 5.91 Å². The second kappa shape index (κ2) is 7.53. The summed E-state index contributed by atoms with van der Waals surface area (Å²) in [5.41, 5.74) is 0.810. The fraction of sp³-hybridized carbons (Fsp3) is 0.682. The summed E-state index contributed by atoms with van der Waals surface area (Å²) in [4.78, 5) is 16.5. The third kappa shape index (κ3) is 3.53. The normalized spacial score (nSPS) is 24.5. The molecule has 2 aliphatic rings. The highest BCUT2D eigenvalue weighted by atomic mass is 16.3. The molecule has 2 atom stereocenters. The molecule has 5 heteroatoms. The van der Waals surface area contributed by atoms with Gasteiger partial charge in [-0.25, -0.2) is 0 Å². The van der Waals surface area contributed by atoms with Crippen LogP contribution < -0.4 is 0 Å². The number of benzene rings is 1. The van der Waals surface area contributed by atoms with Crippen LogP contribution in [0.1, 0.15) is 63.6 Å². The molecule has 3 rings (SSSR count). The van der Waals surface area contributed by atoms with Crippen molar-refractivity contribution in [1.82, 2.24) is 9.80 Å². The first-order valence-electron chi connectivity index (χ1n) is 10.2. The molecule has 1 aromatic carbocycles. The van der Waals surface area contributed by atoms with Crippen LogP contribution >= 0.6 is 0 Å². The summed E-state index contributed by atoms with van der Waals surface area (Å²) in [5, 5.41) is 21.5. The molecule has 5 nitrogen and oxygen atoms in total. The van der Waals surface area contributed by atoms with E-state index >= 15 is 0 Å². The number of rotatable bonds is 5. The van der Waals surface area contributed by atoms with Crippen LogP contribution in [0.4, 0.5) is 0 Å². The number of nitrogens with zero attached hydrogens (tertiary/aromatic N) is 2. The summed E-state index contributed by atoms with van der Waals surface area (Å²) < 4.78 is 0. The van der Waals surface area contributed by atoms with Gasteiger partial charge in [-0.15, -0.1) is 0 Å². The predicted molar refractivity (Wildman–Crippen MR) is 107 cm³/mol. The molecule has 1 fully saturated rings. The van der Waals surface area contributed by atoms with Crippen LogP contribution in [-0.2, 0) is 10.2 Å². The number of amides is 1. The number of hydrogen-bond acceptors (Lipinski definition) is 4. The summed E-state index contributed by atoms with van der Waals surface area (Å²) in [6.07, 6.45) is 3.23. The molecule has 0 saturated carbocycles. The third-order valence-electron chi connectivity index (χ3n) is 6.49. The summed E-state index contributed by atoms with van der Waals surface area (Å²) in [5.74, 6) is -0.227. The molecule has 0 bridgehead atoms. The second-order valence-corrected chi connectivity index (χ2v) is 8.82. The van der Waals surface area contributed by atoms with Crippen LogP contribution in [0.25, 0.3) is 0 Å². The van der Waals surface area contributed by atoms with E-state index in [1.807, 2.05) is 0 Å². The summed E-state index contributed by atoms with van der Waals surface area (Å²) in [7, 11) is 2.10. The Morgan fingerprint density at radius 2 is 1.93 bits per heavy atom. The highest BCUT2D eigenvalue weighted by Gasteiger charge is 2.54. The van der Waals surface area contributed by atoms with Crippen molar-refractivity contribution in [3.8, 4) is 0 Å². The van der Waals surface area contributed by atoms with E-state index in [1.54, 1.807) is 4.90 Å². The number of likely N-dealkylation sites (tertiary alicyclic amines) is 1. The van der Waals surface area contributed by atoms with Gasteiger partial charge in [0.05, 0.1) is 12.1 Å². The first-order chi connectivity index (χ1) is 12.7. The average Bonchev–Trinajstić information content (AvgIpc) is 2.88. The van der Waals surface area contributed by atoms with Crippen molar-refractivity contribution in [1.29, 1.82) is 0 Å². The van der Waals surface area contributed by atoms with Gasteiger partial charge < -0.3 is 15.1 Å². The van der Waals surface area contributed by atoms with Crippen LogP contribution in [0.5, 0.6) is 0 Å². The number of likely N-dealkylation sites (N-methyl/N-ethyl adjacent to an activating group) is 1. The first kappa shape index (κ1) is 20.3. The Balaban J connectivity index is 1.85. The topological polar surface area (TPSA) is 64.0 Å². The molecule has 1 amide bonds. The molecular weight excluding hydrogens is 340 g/mol. The van der Waals surface area contributed by atoms with Crippen LogP contribution in [0.3, 0.4) is 0 Å². The van der Waals surface area contributed by atoms with Gasteiger partial charge in [0, 0.05) is 18.5 Å². The molecule has 27 heavy (non-hydrogen) atoms. The predicted octanol–water partition coefficient (Wildman–Crippen LogP) is 2.47. The number of carbonyl (C=O) groups is 1. The number of fused-ring (bicyclic) bond motifs is 2.